The summed E-state index contributed by atoms with van der Waals surface area (Å²) < 4.78 is 0. The molecule has 1 heterocycles. The fourth-order valence-corrected chi connectivity index (χ4v) is 1.77. The van der Waals surface area contributed by atoms with Crippen molar-refractivity contribution in [3.63, 3.8) is 0 Å². The monoisotopic (exact) mass is 198 g/mol. The van der Waals surface area contributed by atoms with Crippen LogP contribution in [0.5, 0.6) is 0 Å². The predicted octanol–water partition coefficient (Wildman–Crippen LogP) is 1.24. The van der Waals surface area contributed by atoms with E-state index in [-0.39, 0.29) is 17.5 Å². The summed E-state index contributed by atoms with van der Waals surface area (Å²) in [5.74, 6) is 0.755. The molecule has 1 aliphatic rings. The Labute approximate surface area is 86.9 Å². The van der Waals surface area contributed by atoms with Crippen LogP contribution in [0.3, 0.4) is 0 Å². The summed E-state index contributed by atoms with van der Waals surface area (Å²) in [4.78, 5) is 14.0. The molecule has 1 aliphatic heterocycles. The second-order valence-corrected chi connectivity index (χ2v) is 5.35. The van der Waals surface area contributed by atoms with Gasteiger partial charge < -0.3 is 10.2 Å². The first-order valence-electron chi connectivity index (χ1n) is 5.37. The van der Waals surface area contributed by atoms with Gasteiger partial charge in [0.2, 0.25) is 5.91 Å². The zero-order valence-electron chi connectivity index (χ0n) is 9.92. The first-order valence-corrected chi connectivity index (χ1v) is 5.37. The second-order valence-electron chi connectivity index (χ2n) is 5.35. The Bertz CT molecular complexity index is 220. The van der Waals surface area contributed by atoms with Crippen molar-refractivity contribution in [2.75, 3.05) is 13.1 Å². The normalized spacial score (nSPS) is 30.4. The lowest BCUT2D eigenvalue weighted by Gasteiger charge is -2.36. The minimum atomic E-state index is -0.0639. The molecule has 82 valence electrons. The zero-order chi connectivity index (χ0) is 10.9. The minimum Gasteiger partial charge on any atom is -0.336 e. The summed E-state index contributed by atoms with van der Waals surface area (Å²) in [5, 5.41) is 3.25. The van der Waals surface area contributed by atoms with Gasteiger partial charge in [-0.05, 0) is 33.6 Å². The van der Waals surface area contributed by atoms with Crippen LogP contribution in [0.4, 0.5) is 0 Å². The third kappa shape index (κ3) is 2.47. The lowest BCUT2D eigenvalue weighted by Crippen LogP contribution is -2.50. The number of hydrogen-bond donors (Lipinski definition) is 1. The molecule has 0 bridgehead atoms. The summed E-state index contributed by atoms with van der Waals surface area (Å²) in [6.45, 7) is 12.2. The molecule has 0 spiro atoms. The number of carbonyl (C=O) groups excluding carboxylic acids is 1. The van der Waals surface area contributed by atoms with Gasteiger partial charge >= 0.3 is 0 Å². The molecular weight excluding hydrogens is 176 g/mol. The summed E-state index contributed by atoms with van der Waals surface area (Å²) in [5.41, 5.74) is -0.0639. The average Bonchev–Trinajstić information content (AvgIpc) is 2.17. The van der Waals surface area contributed by atoms with Crippen molar-refractivity contribution in [2.24, 2.45) is 5.92 Å². The van der Waals surface area contributed by atoms with Crippen LogP contribution in [0.25, 0.3) is 0 Å². The van der Waals surface area contributed by atoms with Crippen molar-refractivity contribution in [2.45, 2.75) is 46.2 Å². The number of amides is 1. The predicted molar refractivity (Wildman–Crippen MR) is 58.1 cm³/mol. The van der Waals surface area contributed by atoms with E-state index in [0.717, 1.165) is 13.1 Å². The van der Waals surface area contributed by atoms with Gasteiger partial charge in [0.1, 0.15) is 0 Å². The number of nitrogens with zero attached hydrogens (tertiary/aromatic N) is 1. The van der Waals surface area contributed by atoms with Crippen molar-refractivity contribution in [1.29, 1.82) is 0 Å². The maximum atomic E-state index is 12.0. The van der Waals surface area contributed by atoms with E-state index in [1.807, 2.05) is 11.8 Å². The minimum absolute atomic E-state index is 0.0424. The lowest BCUT2D eigenvalue weighted by atomic mass is 10.0. The van der Waals surface area contributed by atoms with E-state index in [4.69, 9.17) is 0 Å². The summed E-state index contributed by atoms with van der Waals surface area (Å²) in [6, 6.07) is -0.0424. The Morgan fingerprint density at radius 1 is 1.36 bits per heavy atom. The molecule has 2 unspecified atom stereocenters. The molecule has 1 rings (SSSR count). The molecule has 1 amide bonds. The van der Waals surface area contributed by atoms with E-state index in [1.54, 1.807) is 0 Å². The molecule has 3 heteroatoms. The molecule has 0 radical (unpaired) electrons. The highest BCUT2D eigenvalue weighted by Gasteiger charge is 2.32. The number of hydrogen-bond acceptors (Lipinski definition) is 2. The van der Waals surface area contributed by atoms with Crippen molar-refractivity contribution < 1.29 is 4.79 Å². The molecular formula is C11H22N2O. The highest BCUT2D eigenvalue weighted by molar-refractivity contribution is 5.82. The van der Waals surface area contributed by atoms with Gasteiger partial charge in [0.15, 0.2) is 0 Å². The highest BCUT2D eigenvalue weighted by Crippen LogP contribution is 2.18. The van der Waals surface area contributed by atoms with Crippen molar-refractivity contribution >= 4 is 5.91 Å². The molecule has 0 aromatic heterocycles. The van der Waals surface area contributed by atoms with Gasteiger partial charge in [0.05, 0.1) is 6.04 Å². The molecule has 14 heavy (non-hydrogen) atoms. The molecule has 3 nitrogen and oxygen atoms in total. The third-order valence-corrected chi connectivity index (χ3v) is 2.71. The van der Waals surface area contributed by atoms with Crippen LogP contribution in [0.15, 0.2) is 0 Å². The average molecular weight is 198 g/mol. The van der Waals surface area contributed by atoms with E-state index in [9.17, 15) is 4.79 Å². The molecule has 1 saturated heterocycles. The van der Waals surface area contributed by atoms with Gasteiger partial charge in [-0.15, -0.1) is 0 Å². The van der Waals surface area contributed by atoms with Crippen LogP contribution >= 0.6 is 0 Å². The number of rotatable bonds is 0. The third-order valence-electron chi connectivity index (χ3n) is 2.71. The van der Waals surface area contributed by atoms with E-state index in [1.165, 1.54) is 0 Å². The lowest BCUT2D eigenvalue weighted by molar-refractivity contribution is -0.137. The summed E-state index contributed by atoms with van der Waals surface area (Å²) >= 11 is 0. The molecule has 1 N–H and O–H groups in total. The van der Waals surface area contributed by atoms with Crippen LogP contribution < -0.4 is 5.32 Å². The summed E-state index contributed by atoms with van der Waals surface area (Å²) in [6.07, 6.45) is 0. The van der Waals surface area contributed by atoms with Gasteiger partial charge in [-0.1, -0.05) is 6.92 Å². The van der Waals surface area contributed by atoms with Crippen LogP contribution in [0.1, 0.15) is 34.6 Å². The smallest absolute Gasteiger partial charge is 0.239 e. The quantitative estimate of drug-likeness (QED) is 0.635. The molecule has 0 aliphatic carbocycles. The zero-order valence-corrected chi connectivity index (χ0v) is 9.92. The first-order chi connectivity index (χ1) is 6.32. The van der Waals surface area contributed by atoms with Gasteiger partial charge in [-0.25, -0.2) is 0 Å². The Balaban J connectivity index is 2.84. The molecule has 0 aromatic carbocycles. The largest absolute Gasteiger partial charge is 0.336 e. The van der Waals surface area contributed by atoms with Crippen LogP contribution in [0.2, 0.25) is 0 Å². The number of carbonyl (C=O) groups is 1. The Morgan fingerprint density at radius 2 is 1.93 bits per heavy atom. The molecule has 1 fully saturated rings. The first kappa shape index (κ1) is 11.5. The summed E-state index contributed by atoms with van der Waals surface area (Å²) in [7, 11) is 0. The highest BCUT2D eigenvalue weighted by atomic mass is 16.2. The van der Waals surface area contributed by atoms with E-state index in [0.29, 0.717) is 5.92 Å². The van der Waals surface area contributed by atoms with Crippen molar-refractivity contribution in [1.82, 2.24) is 10.2 Å². The fourth-order valence-electron chi connectivity index (χ4n) is 1.77. The Kier molecular flexibility index (Phi) is 3.20. The van der Waals surface area contributed by atoms with Crippen molar-refractivity contribution in [3.8, 4) is 0 Å². The number of nitrogens with one attached hydrogen (secondary N) is 1. The van der Waals surface area contributed by atoms with Gasteiger partial charge in [0.25, 0.3) is 0 Å². The van der Waals surface area contributed by atoms with Crippen molar-refractivity contribution in [3.05, 3.63) is 0 Å². The van der Waals surface area contributed by atoms with E-state index < -0.39 is 0 Å². The van der Waals surface area contributed by atoms with Gasteiger partial charge in [0, 0.05) is 18.6 Å². The standard InChI is InChI=1S/C11H22N2O/c1-8-6-12-9(2)10(14)13(7-8)11(3,4)5/h8-9,12H,6-7H2,1-5H3. The second kappa shape index (κ2) is 3.89. The molecule has 2 atom stereocenters. The maximum absolute atomic E-state index is 12.0. The van der Waals surface area contributed by atoms with Crippen LogP contribution in [-0.4, -0.2) is 35.5 Å². The Morgan fingerprint density at radius 3 is 2.43 bits per heavy atom. The molecule has 0 saturated carbocycles. The SMILES string of the molecule is CC1CNC(C)C(=O)N(C(C)(C)C)C1. The topological polar surface area (TPSA) is 32.3 Å². The Hall–Kier alpha value is -0.570. The molecule has 0 aromatic rings. The maximum Gasteiger partial charge on any atom is 0.239 e. The van der Waals surface area contributed by atoms with Gasteiger partial charge in [-0.2, -0.15) is 0 Å². The van der Waals surface area contributed by atoms with E-state index >= 15 is 0 Å². The van der Waals surface area contributed by atoms with E-state index in [2.05, 4.69) is 33.0 Å². The fraction of sp³-hybridized carbons (Fsp3) is 0.909. The van der Waals surface area contributed by atoms with Crippen LogP contribution in [0, 0.1) is 5.92 Å². The van der Waals surface area contributed by atoms with Crippen LogP contribution in [-0.2, 0) is 4.79 Å². The van der Waals surface area contributed by atoms with Gasteiger partial charge in [-0.3, -0.25) is 4.79 Å².